The average molecular weight is 252 g/mol. The molecule has 2 atom stereocenters. The highest BCUT2D eigenvalue weighted by Gasteiger charge is 2.38. The number of aliphatic hydroxyl groups is 1. The van der Waals surface area contributed by atoms with Crippen LogP contribution in [0.15, 0.2) is 29.4 Å². The van der Waals surface area contributed by atoms with Gasteiger partial charge in [-0.2, -0.15) is 0 Å². The SMILES string of the molecule is NC1(CO)CCCC1CCSc1ccccn1. The van der Waals surface area contributed by atoms with E-state index in [-0.39, 0.29) is 12.1 Å². The second-order valence-electron chi connectivity index (χ2n) is 4.79. The summed E-state index contributed by atoms with van der Waals surface area (Å²) in [5.41, 5.74) is 5.88. The molecule has 0 bridgehead atoms. The molecule has 1 fully saturated rings. The van der Waals surface area contributed by atoms with Gasteiger partial charge in [0.2, 0.25) is 0 Å². The first-order chi connectivity index (χ1) is 8.24. The van der Waals surface area contributed by atoms with Crippen molar-refractivity contribution >= 4 is 11.8 Å². The number of aromatic nitrogens is 1. The Kier molecular flexibility index (Phi) is 4.42. The summed E-state index contributed by atoms with van der Waals surface area (Å²) < 4.78 is 0. The molecule has 1 saturated carbocycles. The van der Waals surface area contributed by atoms with Gasteiger partial charge in [-0.25, -0.2) is 4.98 Å². The van der Waals surface area contributed by atoms with Crippen molar-refractivity contribution in [3.8, 4) is 0 Å². The molecular weight excluding hydrogens is 232 g/mol. The predicted molar refractivity (Wildman–Crippen MR) is 70.9 cm³/mol. The van der Waals surface area contributed by atoms with E-state index in [4.69, 9.17) is 5.73 Å². The van der Waals surface area contributed by atoms with E-state index in [2.05, 4.69) is 4.98 Å². The Morgan fingerprint density at radius 1 is 1.53 bits per heavy atom. The van der Waals surface area contributed by atoms with E-state index in [1.807, 2.05) is 24.4 Å². The number of pyridine rings is 1. The van der Waals surface area contributed by atoms with E-state index < -0.39 is 0 Å². The molecule has 0 saturated heterocycles. The molecule has 0 spiro atoms. The molecule has 2 rings (SSSR count). The number of hydrogen-bond acceptors (Lipinski definition) is 4. The molecule has 2 unspecified atom stereocenters. The fraction of sp³-hybridized carbons (Fsp3) is 0.615. The van der Waals surface area contributed by atoms with Crippen LogP contribution >= 0.6 is 11.8 Å². The fourth-order valence-electron chi connectivity index (χ4n) is 2.55. The Hall–Kier alpha value is -0.580. The van der Waals surface area contributed by atoms with Crippen LogP contribution in [0.3, 0.4) is 0 Å². The van der Waals surface area contributed by atoms with E-state index in [1.54, 1.807) is 11.8 Å². The third kappa shape index (κ3) is 3.21. The molecule has 0 aromatic carbocycles. The van der Waals surface area contributed by atoms with Gasteiger partial charge in [-0.05, 0) is 43.1 Å². The third-order valence-corrected chi connectivity index (χ3v) is 4.63. The van der Waals surface area contributed by atoms with Crippen LogP contribution in [-0.4, -0.2) is 28.0 Å². The van der Waals surface area contributed by atoms with Crippen LogP contribution in [0.5, 0.6) is 0 Å². The largest absolute Gasteiger partial charge is 0.394 e. The van der Waals surface area contributed by atoms with Crippen molar-refractivity contribution in [3.63, 3.8) is 0 Å². The second kappa shape index (κ2) is 5.85. The van der Waals surface area contributed by atoms with Gasteiger partial charge in [0.1, 0.15) is 0 Å². The quantitative estimate of drug-likeness (QED) is 0.788. The van der Waals surface area contributed by atoms with Gasteiger partial charge < -0.3 is 10.8 Å². The van der Waals surface area contributed by atoms with Crippen LogP contribution in [0.1, 0.15) is 25.7 Å². The smallest absolute Gasteiger partial charge is 0.0959 e. The molecule has 1 heterocycles. The maximum Gasteiger partial charge on any atom is 0.0959 e. The van der Waals surface area contributed by atoms with Gasteiger partial charge in [0, 0.05) is 11.7 Å². The van der Waals surface area contributed by atoms with E-state index in [1.165, 1.54) is 0 Å². The summed E-state index contributed by atoms with van der Waals surface area (Å²) in [5.74, 6) is 1.49. The monoisotopic (exact) mass is 252 g/mol. The number of hydrogen-bond donors (Lipinski definition) is 2. The minimum absolute atomic E-state index is 0.117. The summed E-state index contributed by atoms with van der Waals surface area (Å²) in [6.45, 7) is 0.117. The zero-order valence-corrected chi connectivity index (χ0v) is 10.8. The summed E-state index contributed by atoms with van der Waals surface area (Å²) in [5, 5.41) is 10.4. The normalized spacial score (nSPS) is 28.5. The van der Waals surface area contributed by atoms with Crippen molar-refractivity contribution in [2.75, 3.05) is 12.4 Å². The van der Waals surface area contributed by atoms with Crippen molar-refractivity contribution in [3.05, 3.63) is 24.4 Å². The average Bonchev–Trinajstić information content (AvgIpc) is 2.73. The fourth-order valence-corrected chi connectivity index (χ4v) is 3.47. The lowest BCUT2D eigenvalue weighted by Gasteiger charge is -2.29. The van der Waals surface area contributed by atoms with Crippen LogP contribution < -0.4 is 5.73 Å². The van der Waals surface area contributed by atoms with Crippen molar-refractivity contribution in [1.29, 1.82) is 0 Å². The van der Waals surface area contributed by atoms with Crippen molar-refractivity contribution in [1.82, 2.24) is 4.98 Å². The van der Waals surface area contributed by atoms with Gasteiger partial charge in [-0.15, -0.1) is 11.8 Å². The van der Waals surface area contributed by atoms with Crippen molar-refractivity contribution < 1.29 is 5.11 Å². The van der Waals surface area contributed by atoms with Crippen molar-refractivity contribution in [2.24, 2.45) is 11.7 Å². The van der Waals surface area contributed by atoms with Crippen LogP contribution in [0.25, 0.3) is 0 Å². The zero-order chi connectivity index (χ0) is 12.1. The second-order valence-corrected chi connectivity index (χ2v) is 5.90. The molecule has 4 heteroatoms. The maximum atomic E-state index is 9.37. The Labute approximate surface area is 107 Å². The lowest BCUT2D eigenvalue weighted by molar-refractivity contribution is 0.158. The molecule has 3 N–H and O–H groups in total. The van der Waals surface area contributed by atoms with Crippen LogP contribution in [-0.2, 0) is 0 Å². The maximum absolute atomic E-state index is 9.37. The third-order valence-electron chi connectivity index (χ3n) is 3.66. The molecular formula is C13H20N2OS. The Balaban J connectivity index is 1.79. The van der Waals surface area contributed by atoms with E-state index in [9.17, 15) is 5.11 Å². The van der Waals surface area contributed by atoms with Crippen LogP contribution in [0.2, 0.25) is 0 Å². The number of nitrogens with zero attached hydrogens (tertiary/aromatic N) is 1. The molecule has 1 aliphatic rings. The van der Waals surface area contributed by atoms with E-state index in [0.29, 0.717) is 5.92 Å². The van der Waals surface area contributed by atoms with Crippen molar-refractivity contribution in [2.45, 2.75) is 36.2 Å². The Morgan fingerprint density at radius 3 is 3.12 bits per heavy atom. The highest BCUT2D eigenvalue weighted by Crippen LogP contribution is 2.36. The summed E-state index contributed by atoms with van der Waals surface area (Å²) >= 11 is 1.77. The first-order valence-corrected chi connectivity index (χ1v) is 7.17. The summed E-state index contributed by atoms with van der Waals surface area (Å²) in [6, 6.07) is 5.96. The minimum Gasteiger partial charge on any atom is -0.394 e. The highest BCUT2D eigenvalue weighted by molar-refractivity contribution is 7.99. The Morgan fingerprint density at radius 2 is 2.41 bits per heavy atom. The number of aliphatic hydroxyl groups excluding tert-OH is 1. The molecule has 1 aromatic heterocycles. The molecule has 1 aromatic rings. The number of rotatable bonds is 5. The molecule has 0 aliphatic heterocycles. The summed E-state index contributed by atoms with van der Waals surface area (Å²) in [4.78, 5) is 4.28. The number of nitrogens with two attached hydrogens (primary N) is 1. The highest BCUT2D eigenvalue weighted by atomic mass is 32.2. The molecule has 0 amide bonds. The predicted octanol–water partition coefficient (Wildman–Crippen LogP) is 2.05. The Bertz CT molecular complexity index is 347. The lowest BCUT2D eigenvalue weighted by atomic mass is 9.87. The molecule has 94 valence electrons. The first kappa shape index (κ1) is 12.9. The van der Waals surface area contributed by atoms with Gasteiger partial charge in [0.25, 0.3) is 0 Å². The van der Waals surface area contributed by atoms with Gasteiger partial charge in [0.15, 0.2) is 0 Å². The van der Waals surface area contributed by atoms with Crippen LogP contribution in [0, 0.1) is 5.92 Å². The first-order valence-electron chi connectivity index (χ1n) is 6.18. The van der Waals surface area contributed by atoms with E-state index >= 15 is 0 Å². The van der Waals surface area contributed by atoms with Crippen LogP contribution in [0.4, 0.5) is 0 Å². The molecule has 17 heavy (non-hydrogen) atoms. The molecule has 0 radical (unpaired) electrons. The topological polar surface area (TPSA) is 59.1 Å². The summed E-state index contributed by atoms with van der Waals surface area (Å²) in [6.07, 6.45) is 6.15. The van der Waals surface area contributed by atoms with Gasteiger partial charge in [-0.3, -0.25) is 0 Å². The lowest BCUT2D eigenvalue weighted by Crippen LogP contribution is -2.47. The van der Waals surface area contributed by atoms with Gasteiger partial charge in [-0.1, -0.05) is 12.5 Å². The minimum atomic E-state index is -0.329. The van der Waals surface area contributed by atoms with Gasteiger partial charge in [0.05, 0.1) is 11.6 Å². The van der Waals surface area contributed by atoms with Gasteiger partial charge >= 0.3 is 0 Å². The number of thioether (sulfide) groups is 1. The molecule has 1 aliphatic carbocycles. The standard InChI is InChI=1S/C13H20N2OS/c14-13(10-16)7-3-4-11(13)6-9-17-12-5-1-2-8-15-12/h1-2,5,8,11,16H,3-4,6-7,9-10,14H2. The zero-order valence-electron chi connectivity index (χ0n) is 10.0. The molecule has 3 nitrogen and oxygen atoms in total. The summed E-state index contributed by atoms with van der Waals surface area (Å²) in [7, 11) is 0. The van der Waals surface area contributed by atoms with E-state index in [0.717, 1.165) is 36.5 Å².